The zero-order chi connectivity index (χ0) is 55.3. The van der Waals surface area contributed by atoms with Gasteiger partial charge in [-0.15, -0.1) is 0 Å². The van der Waals surface area contributed by atoms with Crippen LogP contribution in [0.4, 0.5) is 55.8 Å². The van der Waals surface area contributed by atoms with Gasteiger partial charge in [0.25, 0.3) is 5.91 Å². The lowest BCUT2D eigenvalue weighted by Gasteiger charge is -2.38. The number of ether oxygens (including phenoxy) is 1. The van der Waals surface area contributed by atoms with Crippen molar-refractivity contribution in [1.82, 2.24) is 30.5 Å². The van der Waals surface area contributed by atoms with Crippen LogP contribution in [0.3, 0.4) is 0 Å². The van der Waals surface area contributed by atoms with E-state index < -0.39 is 48.6 Å². The van der Waals surface area contributed by atoms with E-state index in [1.165, 1.54) is 7.11 Å². The lowest BCUT2D eigenvalue weighted by molar-refractivity contribution is -0.193. The molecule has 2 fully saturated rings. The van der Waals surface area contributed by atoms with Crippen molar-refractivity contribution in [3.63, 3.8) is 0 Å². The number of carboxylic acid groups (broad SMARTS) is 3. The molecule has 2 aliphatic rings. The number of benzene rings is 2. The smallest absolute Gasteiger partial charge is 0.475 e. The molecule has 7 N–H and O–H groups in total. The molecule has 18 nitrogen and oxygen atoms in total. The zero-order valence-corrected chi connectivity index (χ0v) is 40.1. The van der Waals surface area contributed by atoms with Gasteiger partial charge in [0, 0.05) is 43.6 Å². The van der Waals surface area contributed by atoms with Crippen molar-refractivity contribution in [2.45, 2.75) is 97.1 Å². The fourth-order valence-corrected chi connectivity index (χ4v) is 7.26. The van der Waals surface area contributed by atoms with Crippen LogP contribution < -0.4 is 20.9 Å². The Hall–Kier alpha value is -7.45. The molecule has 0 aliphatic carbocycles. The van der Waals surface area contributed by atoms with E-state index in [9.17, 15) is 53.9 Å². The van der Waals surface area contributed by atoms with Gasteiger partial charge in [0.1, 0.15) is 17.7 Å². The molecule has 27 heteroatoms. The molecule has 3 amide bonds. The Bertz CT molecular complexity index is 2510. The number of aryl methyl sites for hydroxylation is 2. The van der Waals surface area contributed by atoms with Crippen LogP contribution in [-0.4, -0.2) is 134 Å². The maximum Gasteiger partial charge on any atom is 0.490 e. The Morgan fingerprint density at radius 2 is 1.33 bits per heavy atom. The van der Waals surface area contributed by atoms with Gasteiger partial charge in [0.15, 0.2) is 0 Å². The van der Waals surface area contributed by atoms with Gasteiger partial charge in [0.05, 0.1) is 30.6 Å². The molecule has 6 rings (SSSR count). The van der Waals surface area contributed by atoms with Crippen molar-refractivity contribution in [1.29, 1.82) is 0 Å². The average Bonchev–Trinajstić information content (AvgIpc) is 4.00. The number of alkyl halides is 9. The number of halogens is 9. The molecular formula is C46H53F9N8O10. The zero-order valence-electron chi connectivity index (χ0n) is 40.1. The highest BCUT2D eigenvalue weighted by Gasteiger charge is 2.40. The van der Waals surface area contributed by atoms with E-state index >= 15 is 0 Å². The van der Waals surface area contributed by atoms with E-state index in [1.54, 1.807) is 6.20 Å². The summed E-state index contributed by atoms with van der Waals surface area (Å²) >= 11 is 0. The highest BCUT2D eigenvalue weighted by atomic mass is 19.4. The van der Waals surface area contributed by atoms with Crippen LogP contribution >= 0.6 is 0 Å². The minimum Gasteiger partial charge on any atom is -0.475 e. The number of carboxylic acids is 3. The van der Waals surface area contributed by atoms with Gasteiger partial charge in [0.2, 0.25) is 5.91 Å². The summed E-state index contributed by atoms with van der Waals surface area (Å²) < 4.78 is 100.0. The summed E-state index contributed by atoms with van der Waals surface area (Å²) in [6.45, 7) is 14.7. The number of H-pyrrole nitrogens is 1. The molecule has 0 unspecified atom stereocenters. The number of carbonyl (C=O) groups is 6. The lowest BCUT2D eigenvalue weighted by atomic mass is 9.94. The van der Waals surface area contributed by atoms with E-state index in [-0.39, 0.29) is 23.8 Å². The number of aromatic amines is 1. The van der Waals surface area contributed by atoms with Gasteiger partial charge in [-0.2, -0.15) is 39.5 Å². The van der Waals surface area contributed by atoms with Crippen molar-refractivity contribution >= 4 is 47.3 Å². The van der Waals surface area contributed by atoms with Crippen molar-refractivity contribution in [3.05, 3.63) is 83.4 Å². The molecule has 4 heterocycles. The third kappa shape index (κ3) is 17.4. The molecule has 0 bridgehead atoms. The quantitative estimate of drug-likeness (QED) is 0.0782. The Morgan fingerprint density at radius 1 is 0.781 bits per heavy atom. The van der Waals surface area contributed by atoms with Crippen molar-refractivity contribution < 1.29 is 88.3 Å². The maximum atomic E-state index is 13.5. The third-order valence-electron chi connectivity index (χ3n) is 10.9. The van der Waals surface area contributed by atoms with E-state index in [4.69, 9.17) is 39.4 Å². The number of amides is 3. The highest BCUT2D eigenvalue weighted by molar-refractivity contribution is 6.04. The number of piperazine rings is 1. The summed E-state index contributed by atoms with van der Waals surface area (Å²) in [6.07, 6.45) is -10.8. The molecule has 4 atom stereocenters. The molecule has 2 aromatic heterocycles. The van der Waals surface area contributed by atoms with Gasteiger partial charge in [-0.3, -0.25) is 9.59 Å². The van der Waals surface area contributed by atoms with E-state index in [0.717, 1.165) is 76.8 Å². The Morgan fingerprint density at radius 3 is 1.81 bits per heavy atom. The lowest BCUT2D eigenvalue weighted by Crippen LogP contribution is -2.54. The molecule has 73 heavy (non-hydrogen) atoms. The number of anilines is 2. The predicted octanol–water partition coefficient (Wildman–Crippen LogP) is 8.14. The average molecular weight is 1050 g/mol. The summed E-state index contributed by atoms with van der Waals surface area (Å²) in [5.74, 6) is -7.10. The van der Waals surface area contributed by atoms with Crippen molar-refractivity contribution in [3.8, 4) is 22.4 Å². The first-order chi connectivity index (χ1) is 33.8. The predicted molar refractivity (Wildman–Crippen MR) is 244 cm³/mol. The van der Waals surface area contributed by atoms with Crippen LogP contribution in [0.2, 0.25) is 0 Å². The number of likely N-dealkylation sites (tertiary alicyclic amines) is 1. The minimum atomic E-state index is -5.08. The van der Waals surface area contributed by atoms with Crippen LogP contribution in [-0.2, 0) is 23.9 Å². The molecule has 4 aromatic rings. The largest absolute Gasteiger partial charge is 0.490 e. The van der Waals surface area contributed by atoms with Gasteiger partial charge < -0.3 is 50.8 Å². The molecule has 0 spiro atoms. The molecule has 0 radical (unpaired) electrons. The number of methoxy groups -OCH3 is 1. The first-order valence-corrected chi connectivity index (χ1v) is 21.9. The van der Waals surface area contributed by atoms with Gasteiger partial charge in [-0.05, 0) is 105 Å². The fraction of sp³-hybridized carbons (Fsp3) is 0.435. The van der Waals surface area contributed by atoms with E-state index in [0.29, 0.717) is 24.2 Å². The number of nitrogens with one attached hydrogen (secondary N) is 4. The second kappa shape index (κ2) is 25.3. The Labute approximate surface area is 411 Å². The van der Waals surface area contributed by atoms with Crippen molar-refractivity contribution in [2.75, 3.05) is 37.0 Å². The number of carbonyl (C=O) groups excluding carboxylic acids is 3. The summed E-state index contributed by atoms with van der Waals surface area (Å²) in [5.41, 5.74) is 7.41. The SMILES string of the molecule is COC(=O)N[C@H](C(=O)N1CCC[C@H]1c1ncc(-c2ccc(-c3ccc(NC(=O)c4ccc(N5C[C@H](C)NC[C@H]5C)nc4)cc3C)c(C)c2)[nH]1)C(C)C.O=C(O)C(F)(F)F.O=C(O)C(F)(F)F.O=C(O)C(F)(F)F. The molecule has 2 aromatic carbocycles. The highest BCUT2D eigenvalue weighted by Crippen LogP contribution is 2.35. The van der Waals surface area contributed by atoms with E-state index in [2.05, 4.69) is 69.8 Å². The Kier molecular flexibility index (Phi) is 20.7. The second-order valence-corrected chi connectivity index (χ2v) is 16.9. The molecule has 0 saturated carbocycles. The number of nitrogens with zero attached hydrogens (tertiary/aromatic N) is 4. The number of hydrogen-bond donors (Lipinski definition) is 7. The summed E-state index contributed by atoms with van der Waals surface area (Å²) in [5, 5.41) is 30.6. The number of alkyl carbamates (subject to hydrolysis) is 1. The maximum absolute atomic E-state index is 13.5. The molecular weight excluding hydrogens is 996 g/mol. The van der Waals surface area contributed by atoms with Crippen molar-refractivity contribution in [2.24, 2.45) is 5.92 Å². The number of aromatic nitrogens is 3. The number of rotatable bonds is 9. The van der Waals surface area contributed by atoms with Crippen LogP contribution in [0.5, 0.6) is 0 Å². The summed E-state index contributed by atoms with van der Waals surface area (Å²) in [6, 6.07) is 15.9. The van der Waals surface area contributed by atoms with Crippen LogP contribution in [0.15, 0.2) is 60.9 Å². The normalized spacial score (nSPS) is 17.1. The number of hydrogen-bond acceptors (Lipinski definition) is 11. The first kappa shape index (κ1) is 59.9. The summed E-state index contributed by atoms with van der Waals surface area (Å²) in [7, 11) is 1.29. The van der Waals surface area contributed by atoms with Gasteiger partial charge in [-0.1, -0.05) is 32.0 Å². The first-order valence-electron chi connectivity index (χ1n) is 21.9. The topological polar surface area (TPSA) is 256 Å². The molecule has 2 aliphatic heterocycles. The molecule has 2 saturated heterocycles. The number of aliphatic carboxylic acids is 3. The van der Waals surface area contributed by atoms with Crippen LogP contribution in [0, 0.1) is 19.8 Å². The molecule has 400 valence electrons. The number of pyridine rings is 1. The standard InChI is InChI=1S/C40H50N8O4.3C2HF3O2/c1-23(2)36(46-40(51)52-7)39(50)47-16-8-9-34(47)37-43-21-33(45-37)28-10-13-31(24(3)17-28)32-14-12-30(18-25(32)4)44-38(49)29-11-15-35(42-20-29)48-22-26(5)41-19-27(48)6;3*3-2(4,5)1(6)7/h10-15,17-18,20-21,23,26-27,34,36,41H,8-9,16,19,22H2,1-7H3,(H,43,45)(H,44,49)(H,46,51);3*(H,6,7)/t26-,27+,34-,36-;;;/m0.../s1. The Balaban J connectivity index is 0.000000560. The van der Waals surface area contributed by atoms with E-state index in [1.807, 2.05) is 62.2 Å². The van der Waals surface area contributed by atoms with Gasteiger partial charge >= 0.3 is 42.5 Å². The van der Waals surface area contributed by atoms with Crippen LogP contribution in [0.1, 0.15) is 73.9 Å². The third-order valence-corrected chi connectivity index (χ3v) is 10.9. The minimum absolute atomic E-state index is 0.100. The van der Waals surface area contributed by atoms with Gasteiger partial charge in [-0.25, -0.2) is 29.1 Å². The monoisotopic (exact) mass is 1050 g/mol. The summed E-state index contributed by atoms with van der Waals surface area (Å²) in [4.78, 5) is 82.2. The fourth-order valence-electron chi connectivity index (χ4n) is 7.26. The van der Waals surface area contributed by atoms with Crippen LogP contribution in [0.25, 0.3) is 22.4 Å². The number of imidazole rings is 1. The second-order valence-electron chi connectivity index (χ2n) is 16.9.